The normalized spacial score (nSPS) is 17.3. The van der Waals surface area contributed by atoms with Crippen LogP contribution in [0.1, 0.15) is 25.7 Å². The SMILES string of the molecule is c1c[nH]c(SCCNCC2CCCC2)n1. The Kier molecular flexibility index (Phi) is 4.54. The smallest absolute Gasteiger partial charge is 0.165 e. The van der Waals surface area contributed by atoms with Gasteiger partial charge in [0.05, 0.1) is 0 Å². The van der Waals surface area contributed by atoms with Crippen molar-refractivity contribution < 1.29 is 0 Å². The maximum atomic E-state index is 4.17. The molecule has 15 heavy (non-hydrogen) atoms. The standard InChI is InChI=1S/C11H19N3S/c1-2-4-10(3-1)9-12-7-8-15-11-13-5-6-14-11/h5-6,10,12H,1-4,7-9H2,(H,13,14). The summed E-state index contributed by atoms with van der Waals surface area (Å²) < 4.78 is 0. The Hall–Kier alpha value is -0.480. The van der Waals surface area contributed by atoms with E-state index in [1.165, 1.54) is 32.2 Å². The lowest BCUT2D eigenvalue weighted by molar-refractivity contribution is 0.500. The molecule has 1 fully saturated rings. The Morgan fingerprint density at radius 2 is 2.33 bits per heavy atom. The van der Waals surface area contributed by atoms with Gasteiger partial charge in [0.1, 0.15) is 0 Å². The lowest BCUT2D eigenvalue weighted by Crippen LogP contribution is -2.23. The van der Waals surface area contributed by atoms with Gasteiger partial charge < -0.3 is 10.3 Å². The fourth-order valence-electron chi connectivity index (χ4n) is 2.07. The van der Waals surface area contributed by atoms with Crippen LogP contribution in [-0.2, 0) is 0 Å². The highest BCUT2D eigenvalue weighted by Crippen LogP contribution is 2.23. The van der Waals surface area contributed by atoms with Gasteiger partial charge in [-0.15, -0.1) is 0 Å². The molecule has 1 aromatic heterocycles. The molecule has 1 saturated carbocycles. The zero-order valence-electron chi connectivity index (χ0n) is 9.04. The molecule has 1 aliphatic rings. The molecule has 2 N–H and O–H groups in total. The highest BCUT2D eigenvalue weighted by atomic mass is 32.2. The van der Waals surface area contributed by atoms with E-state index in [0.717, 1.165) is 23.4 Å². The molecular weight excluding hydrogens is 206 g/mol. The largest absolute Gasteiger partial charge is 0.340 e. The van der Waals surface area contributed by atoms with Crippen molar-refractivity contribution in [2.75, 3.05) is 18.8 Å². The van der Waals surface area contributed by atoms with Crippen LogP contribution in [0.2, 0.25) is 0 Å². The number of hydrogen-bond acceptors (Lipinski definition) is 3. The van der Waals surface area contributed by atoms with Gasteiger partial charge in [-0.2, -0.15) is 0 Å². The predicted molar refractivity (Wildman–Crippen MR) is 64.1 cm³/mol. The highest BCUT2D eigenvalue weighted by Gasteiger charge is 2.13. The summed E-state index contributed by atoms with van der Waals surface area (Å²) in [6.07, 6.45) is 9.40. The molecule has 0 unspecified atom stereocenters. The van der Waals surface area contributed by atoms with E-state index >= 15 is 0 Å². The molecular formula is C11H19N3S. The summed E-state index contributed by atoms with van der Waals surface area (Å²) in [5.74, 6) is 2.04. The van der Waals surface area contributed by atoms with Crippen LogP contribution < -0.4 is 5.32 Å². The van der Waals surface area contributed by atoms with Crippen LogP contribution in [-0.4, -0.2) is 28.8 Å². The lowest BCUT2D eigenvalue weighted by atomic mass is 10.1. The number of imidazole rings is 1. The first kappa shape index (κ1) is 11.0. The molecule has 1 aliphatic carbocycles. The number of H-pyrrole nitrogens is 1. The third-order valence-corrected chi connectivity index (χ3v) is 3.80. The zero-order chi connectivity index (χ0) is 10.3. The van der Waals surface area contributed by atoms with E-state index in [4.69, 9.17) is 0 Å². The molecule has 1 aromatic rings. The summed E-state index contributed by atoms with van der Waals surface area (Å²) in [7, 11) is 0. The molecule has 2 rings (SSSR count). The number of aromatic amines is 1. The molecule has 0 bridgehead atoms. The Bertz CT molecular complexity index is 255. The van der Waals surface area contributed by atoms with Gasteiger partial charge in [-0.05, 0) is 25.3 Å². The van der Waals surface area contributed by atoms with Crippen molar-refractivity contribution in [1.29, 1.82) is 0 Å². The first-order valence-corrected chi connectivity index (χ1v) is 6.76. The van der Waals surface area contributed by atoms with Gasteiger partial charge in [-0.3, -0.25) is 0 Å². The van der Waals surface area contributed by atoms with E-state index in [1.807, 2.05) is 6.20 Å². The van der Waals surface area contributed by atoms with E-state index in [1.54, 1.807) is 18.0 Å². The second-order valence-corrected chi connectivity index (χ2v) is 5.18. The molecule has 0 spiro atoms. The van der Waals surface area contributed by atoms with Gasteiger partial charge in [0.15, 0.2) is 5.16 Å². The van der Waals surface area contributed by atoms with E-state index in [0.29, 0.717) is 0 Å². The Labute approximate surface area is 95.4 Å². The van der Waals surface area contributed by atoms with Crippen molar-refractivity contribution in [3.05, 3.63) is 12.4 Å². The van der Waals surface area contributed by atoms with Gasteiger partial charge in [-0.25, -0.2) is 4.98 Å². The van der Waals surface area contributed by atoms with Gasteiger partial charge in [0.25, 0.3) is 0 Å². The fraction of sp³-hybridized carbons (Fsp3) is 0.727. The zero-order valence-corrected chi connectivity index (χ0v) is 9.85. The first-order valence-electron chi connectivity index (χ1n) is 5.78. The second kappa shape index (κ2) is 6.18. The van der Waals surface area contributed by atoms with Crippen LogP contribution in [0.4, 0.5) is 0 Å². The fourth-order valence-corrected chi connectivity index (χ4v) is 2.80. The number of rotatable bonds is 6. The average Bonchev–Trinajstić information content (AvgIpc) is 2.88. The van der Waals surface area contributed by atoms with Crippen LogP contribution in [0.3, 0.4) is 0 Å². The Morgan fingerprint density at radius 3 is 3.07 bits per heavy atom. The Balaban J connectivity index is 1.48. The van der Waals surface area contributed by atoms with Crippen LogP contribution in [0.15, 0.2) is 17.6 Å². The predicted octanol–water partition coefficient (Wildman–Crippen LogP) is 2.28. The minimum atomic E-state index is 0.943. The number of hydrogen-bond donors (Lipinski definition) is 2. The lowest BCUT2D eigenvalue weighted by Gasteiger charge is -2.09. The third-order valence-electron chi connectivity index (χ3n) is 2.90. The molecule has 0 radical (unpaired) electrons. The van der Waals surface area contributed by atoms with Gasteiger partial charge in [-0.1, -0.05) is 24.6 Å². The van der Waals surface area contributed by atoms with Crippen LogP contribution >= 0.6 is 11.8 Å². The van der Waals surface area contributed by atoms with Crippen LogP contribution in [0.5, 0.6) is 0 Å². The molecule has 0 amide bonds. The van der Waals surface area contributed by atoms with E-state index in [9.17, 15) is 0 Å². The third kappa shape index (κ3) is 3.87. The van der Waals surface area contributed by atoms with Gasteiger partial charge >= 0.3 is 0 Å². The van der Waals surface area contributed by atoms with Crippen LogP contribution in [0.25, 0.3) is 0 Å². The molecule has 0 saturated heterocycles. The highest BCUT2D eigenvalue weighted by molar-refractivity contribution is 7.99. The van der Waals surface area contributed by atoms with Gasteiger partial charge in [0.2, 0.25) is 0 Å². The summed E-state index contributed by atoms with van der Waals surface area (Å²) in [5, 5.41) is 4.55. The molecule has 84 valence electrons. The first-order chi connectivity index (χ1) is 7.45. The minimum Gasteiger partial charge on any atom is -0.340 e. The summed E-state index contributed by atoms with van der Waals surface area (Å²) in [6, 6.07) is 0. The van der Waals surface area contributed by atoms with E-state index in [2.05, 4.69) is 15.3 Å². The van der Waals surface area contributed by atoms with Gasteiger partial charge in [0, 0.05) is 24.7 Å². The number of nitrogens with zero attached hydrogens (tertiary/aromatic N) is 1. The average molecular weight is 225 g/mol. The van der Waals surface area contributed by atoms with Crippen molar-refractivity contribution in [2.45, 2.75) is 30.8 Å². The number of thioether (sulfide) groups is 1. The van der Waals surface area contributed by atoms with Crippen molar-refractivity contribution >= 4 is 11.8 Å². The summed E-state index contributed by atoms with van der Waals surface area (Å²) in [4.78, 5) is 7.26. The molecule has 0 atom stereocenters. The number of aromatic nitrogens is 2. The minimum absolute atomic E-state index is 0.943. The summed E-state index contributed by atoms with van der Waals surface area (Å²) in [5.41, 5.74) is 0. The molecule has 0 aromatic carbocycles. The van der Waals surface area contributed by atoms with Crippen molar-refractivity contribution in [3.63, 3.8) is 0 Å². The quantitative estimate of drug-likeness (QED) is 0.576. The van der Waals surface area contributed by atoms with Crippen molar-refractivity contribution in [1.82, 2.24) is 15.3 Å². The van der Waals surface area contributed by atoms with E-state index < -0.39 is 0 Å². The summed E-state index contributed by atoms with van der Waals surface area (Å²) >= 11 is 1.78. The second-order valence-electron chi connectivity index (χ2n) is 4.10. The number of nitrogens with one attached hydrogen (secondary N) is 2. The molecule has 4 heteroatoms. The van der Waals surface area contributed by atoms with Crippen molar-refractivity contribution in [2.24, 2.45) is 5.92 Å². The molecule has 3 nitrogen and oxygen atoms in total. The van der Waals surface area contributed by atoms with Crippen LogP contribution in [0, 0.1) is 5.92 Å². The maximum Gasteiger partial charge on any atom is 0.165 e. The monoisotopic (exact) mass is 225 g/mol. The topological polar surface area (TPSA) is 40.7 Å². The molecule has 0 aliphatic heterocycles. The molecule has 1 heterocycles. The Morgan fingerprint density at radius 1 is 1.47 bits per heavy atom. The maximum absolute atomic E-state index is 4.17. The van der Waals surface area contributed by atoms with Crippen molar-refractivity contribution in [3.8, 4) is 0 Å². The summed E-state index contributed by atoms with van der Waals surface area (Å²) in [6.45, 7) is 2.29. The van der Waals surface area contributed by atoms with E-state index in [-0.39, 0.29) is 0 Å².